The average Bonchev–Trinajstić information content (AvgIpc) is 2.41. The molecule has 1 aromatic carbocycles. The highest BCUT2D eigenvalue weighted by molar-refractivity contribution is 7.90. The predicted octanol–water partition coefficient (Wildman–Crippen LogP) is 3.11. The molecule has 2 aromatic rings. The van der Waals surface area contributed by atoms with Crippen LogP contribution in [0.4, 0.5) is 10.1 Å². The second-order valence-electron chi connectivity index (χ2n) is 5.03. The summed E-state index contributed by atoms with van der Waals surface area (Å²) in [5.74, 6) is -0.244. The Morgan fingerprint density at radius 3 is 2.48 bits per heavy atom. The van der Waals surface area contributed by atoms with Gasteiger partial charge < -0.3 is 5.32 Å². The molecule has 0 radical (unpaired) electrons. The molecule has 112 valence electrons. The summed E-state index contributed by atoms with van der Waals surface area (Å²) in [7, 11) is -3.30. The molecule has 1 unspecified atom stereocenters. The Balaban J connectivity index is 2.15. The van der Waals surface area contributed by atoms with Crippen LogP contribution in [0.3, 0.4) is 0 Å². The van der Waals surface area contributed by atoms with E-state index in [2.05, 4.69) is 10.3 Å². The summed E-state index contributed by atoms with van der Waals surface area (Å²) >= 11 is 0. The maximum absolute atomic E-state index is 13.6. The lowest BCUT2D eigenvalue weighted by atomic mass is 10.1. The van der Waals surface area contributed by atoms with Crippen LogP contribution in [0.25, 0.3) is 0 Å². The van der Waals surface area contributed by atoms with E-state index in [4.69, 9.17) is 0 Å². The summed E-state index contributed by atoms with van der Waals surface area (Å²) in [4.78, 5) is 3.90. The second kappa shape index (κ2) is 5.81. The predicted molar refractivity (Wildman–Crippen MR) is 80.5 cm³/mol. The van der Waals surface area contributed by atoms with Crippen LogP contribution in [0.2, 0.25) is 0 Å². The number of anilines is 1. The van der Waals surface area contributed by atoms with Gasteiger partial charge in [-0.25, -0.2) is 17.8 Å². The minimum Gasteiger partial charge on any atom is -0.377 e. The van der Waals surface area contributed by atoms with Crippen molar-refractivity contribution in [1.29, 1.82) is 0 Å². The van der Waals surface area contributed by atoms with E-state index < -0.39 is 9.84 Å². The largest absolute Gasteiger partial charge is 0.377 e. The number of nitrogens with one attached hydrogen (secondary N) is 1. The van der Waals surface area contributed by atoms with Gasteiger partial charge in [-0.3, -0.25) is 0 Å². The first kappa shape index (κ1) is 15.4. The SMILES string of the molecule is Cc1ccc(C(C)Nc2ccc(S(C)(=O)=O)nc2)cc1F. The fraction of sp³-hybridized carbons (Fsp3) is 0.267. The second-order valence-corrected chi connectivity index (χ2v) is 6.99. The van der Waals surface area contributed by atoms with E-state index in [1.54, 1.807) is 19.1 Å². The van der Waals surface area contributed by atoms with E-state index in [-0.39, 0.29) is 16.9 Å². The molecule has 1 N–H and O–H groups in total. The minimum absolute atomic E-state index is 0.0297. The van der Waals surface area contributed by atoms with Gasteiger partial charge in [0.15, 0.2) is 14.9 Å². The molecule has 0 aliphatic rings. The molecule has 1 heterocycles. The Labute approximate surface area is 124 Å². The van der Waals surface area contributed by atoms with E-state index in [0.29, 0.717) is 11.3 Å². The third-order valence-electron chi connectivity index (χ3n) is 3.20. The highest BCUT2D eigenvalue weighted by atomic mass is 32.2. The van der Waals surface area contributed by atoms with Crippen molar-refractivity contribution in [2.45, 2.75) is 24.9 Å². The molecule has 21 heavy (non-hydrogen) atoms. The van der Waals surface area contributed by atoms with Crippen molar-refractivity contribution >= 4 is 15.5 Å². The number of hydrogen-bond donors (Lipinski definition) is 1. The molecule has 0 aliphatic heterocycles. The lowest BCUT2D eigenvalue weighted by molar-refractivity contribution is 0.598. The lowest BCUT2D eigenvalue weighted by Crippen LogP contribution is -2.08. The Kier molecular flexibility index (Phi) is 4.27. The summed E-state index contributed by atoms with van der Waals surface area (Å²) in [6.45, 7) is 3.61. The lowest BCUT2D eigenvalue weighted by Gasteiger charge is -2.16. The minimum atomic E-state index is -3.30. The van der Waals surface area contributed by atoms with Gasteiger partial charge in [0.1, 0.15) is 5.82 Å². The van der Waals surface area contributed by atoms with Crippen LogP contribution in [0.15, 0.2) is 41.6 Å². The van der Waals surface area contributed by atoms with E-state index in [9.17, 15) is 12.8 Å². The number of aryl methyl sites for hydroxylation is 1. The molecule has 0 saturated carbocycles. The Hall–Kier alpha value is -1.95. The van der Waals surface area contributed by atoms with Crippen LogP contribution < -0.4 is 5.32 Å². The molecule has 0 fully saturated rings. The van der Waals surface area contributed by atoms with Crippen LogP contribution in [0.5, 0.6) is 0 Å². The zero-order valence-corrected chi connectivity index (χ0v) is 12.9. The van der Waals surface area contributed by atoms with Crippen LogP contribution in [-0.4, -0.2) is 19.7 Å². The van der Waals surface area contributed by atoms with E-state index in [1.165, 1.54) is 18.3 Å². The molecule has 1 aromatic heterocycles. The van der Waals surface area contributed by atoms with Gasteiger partial charge in [-0.2, -0.15) is 0 Å². The fourth-order valence-electron chi connectivity index (χ4n) is 1.90. The smallest absolute Gasteiger partial charge is 0.192 e. The van der Waals surface area contributed by atoms with Gasteiger partial charge in [0.2, 0.25) is 0 Å². The number of rotatable bonds is 4. The summed E-state index contributed by atoms with van der Waals surface area (Å²) in [5.41, 5.74) is 2.09. The van der Waals surface area contributed by atoms with Gasteiger partial charge in [-0.1, -0.05) is 12.1 Å². The van der Waals surface area contributed by atoms with Crippen molar-refractivity contribution in [2.24, 2.45) is 0 Å². The number of nitrogens with zero attached hydrogens (tertiary/aromatic N) is 1. The number of pyridine rings is 1. The van der Waals surface area contributed by atoms with Crippen molar-refractivity contribution < 1.29 is 12.8 Å². The Bertz CT molecular complexity index is 743. The first-order valence-corrected chi connectivity index (χ1v) is 8.35. The average molecular weight is 308 g/mol. The number of benzene rings is 1. The molecule has 0 spiro atoms. The number of aromatic nitrogens is 1. The number of hydrogen-bond acceptors (Lipinski definition) is 4. The third-order valence-corrected chi connectivity index (χ3v) is 4.20. The van der Waals surface area contributed by atoms with Crippen LogP contribution in [-0.2, 0) is 9.84 Å². The topological polar surface area (TPSA) is 59.1 Å². The zero-order chi connectivity index (χ0) is 15.6. The first-order chi connectivity index (χ1) is 9.77. The van der Waals surface area contributed by atoms with E-state index >= 15 is 0 Å². The van der Waals surface area contributed by atoms with Crippen molar-refractivity contribution in [3.8, 4) is 0 Å². The molecule has 0 saturated heterocycles. The number of halogens is 1. The highest BCUT2D eigenvalue weighted by Gasteiger charge is 2.10. The zero-order valence-electron chi connectivity index (χ0n) is 12.1. The maximum Gasteiger partial charge on any atom is 0.192 e. The van der Waals surface area contributed by atoms with Crippen LogP contribution >= 0.6 is 0 Å². The summed E-state index contributed by atoms with van der Waals surface area (Å²) < 4.78 is 36.2. The Morgan fingerprint density at radius 1 is 1.24 bits per heavy atom. The normalized spacial score (nSPS) is 13.0. The molecule has 2 rings (SSSR count). The molecule has 1 atom stereocenters. The Morgan fingerprint density at radius 2 is 1.95 bits per heavy atom. The van der Waals surface area contributed by atoms with Crippen molar-refractivity contribution in [1.82, 2.24) is 4.98 Å². The highest BCUT2D eigenvalue weighted by Crippen LogP contribution is 2.21. The molecule has 0 bridgehead atoms. The van der Waals surface area contributed by atoms with E-state index in [0.717, 1.165) is 11.8 Å². The van der Waals surface area contributed by atoms with Crippen LogP contribution in [0, 0.1) is 12.7 Å². The number of sulfone groups is 1. The molecule has 0 amide bonds. The summed E-state index contributed by atoms with van der Waals surface area (Å²) in [5, 5.41) is 3.19. The van der Waals surface area contributed by atoms with Crippen molar-refractivity contribution in [2.75, 3.05) is 11.6 Å². The van der Waals surface area contributed by atoms with Crippen LogP contribution in [0.1, 0.15) is 24.1 Å². The monoisotopic (exact) mass is 308 g/mol. The van der Waals surface area contributed by atoms with Gasteiger partial charge >= 0.3 is 0 Å². The van der Waals surface area contributed by atoms with E-state index in [1.807, 2.05) is 13.0 Å². The van der Waals surface area contributed by atoms with Gasteiger partial charge in [0.25, 0.3) is 0 Å². The molecule has 0 aliphatic carbocycles. The third kappa shape index (κ3) is 3.78. The standard InChI is InChI=1S/C15H17FN2O2S/c1-10-4-5-12(8-14(10)16)11(2)18-13-6-7-15(17-9-13)21(3,19)20/h4-9,11,18H,1-3H3. The first-order valence-electron chi connectivity index (χ1n) is 6.46. The van der Waals surface area contributed by atoms with Crippen molar-refractivity contribution in [3.05, 3.63) is 53.5 Å². The molecule has 6 heteroatoms. The van der Waals surface area contributed by atoms with Gasteiger partial charge in [0, 0.05) is 12.3 Å². The summed E-state index contributed by atoms with van der Waals surface area (Å²) in [6.07, 6.45) is 2.57. The molecular weight excluding hydrogens is 291 g/mol. The fourth-order valence-corrected chi connectivity index (χ4v) is 2.46. The maximum atomic E-state index is 13.6. The van der Waals surface area contributed by atoms with Crippen molar-refractivity contribution in [3.63, 3.8) is 0 Å². The quantitative estimate of drug-likeness (QED) is 0.943. The van der Waals surface area contributed by atoms with Gasteiger partial charge in [-0.05, 0) is 43.2 Å². The molecule has 4 nitrogen and oxygen atoms in total. The van der Waals surface area contributed by atoms with Gasteiger partial charge in [0.05, 0.1) is 11.9 Å². The van der Waals surface area contributed by atoms with Gasteiger partial charge in [-0.15, -0.1) is 0 Å². The molecular formula is C15H17FN2O2S. The summed E-state index contributed by atoms with van der Waals surface area (Å²) in [6, 6.07) is 8.05.